The van der Waals surface area contributed by atoms with Crippen molar-refractivity contribution in [2.45, 2.75) is 44.4 Å². The van der Waals surface area contributed by atoms with E-state index >= 15 is 0 Å². The summed E-state index contributed by atoms with van der Waals surface area (Å²) < 4.78 is 33.4. The predicted octanol–water partition coefficient (Wildman–Crippen LogP) is 4.96. The fourth-order valence-corrected chi connectivity index (χ4v) is 5.26. The Morgan fingerprint density at radius 1 is 0.947 bits per heavy atom. The van der Waals surface area contributed by atoms with E-state index in [0.29, 0.717) is 30.2 Å². The van der Waals surface area contributed by atoms with Crippen molar-refractivity contribution in [3.05, 3.63) is 107 Å². The van der Waals surface area contributed by atoms with Gasteiger partial charge < -0.3 is 9.84 Å². The Labute approximate surface area is 223 Å². The zero-order valence-electron chi connectivity index (χ0n) is 21.8. The predicted molar refractivity (Wildman–Crippen MR) is 146 cm³/mol. The smallest absolute Gasteiger partial charge is 0.243 e. The molecule has 3 aromatic carbocycles. The monoisotopic (exact) mass is 532 g/mol. The number of benzene rings is 3. The minimum absolute atomic E-state index is 0.162. The highest BCUT2D eigenvalue weighted by Crippen LogP contribution is 2.19. The molecule has 0 unspecified atom stereocenters. The van der Waals surface area contributed by atoms with Gasteiger partial charge in [-0.1, -0.05) is 79.2 Å². The van der Waals surface area contributed by atoms with Crippen LogP contribution in [0, 0.1) is 6.92 Å². The van der Waals surface area contributed by atoms with Crippen LogP contribution in [0.25, 0.3) is 0 Å². The van der Waals surface area contributed by atoms with Crippen molar-refractivity contribution in [3.8, 4) is 0 Å². The number of nitrogens with zero attached hydrogens (tertiary/aromatic N) is 3. The summed E-state index contributed by atoms with van der Waals surface area (Å²) in [6, 6.07) is 23.6. The van der Waals surface area contributed by atoms with Crippen LogP contribution in [0.3, 0.4) is 0 Å². The number of hydrogen-bond acceptors (Lipinski definition) is 6. The topological polar surface area (TPSA) is 105 Å². The van der Waals surface area contributed by atoms with E-state index in [4.69, 9.17) is 4.52 Å². The van der Waals surface area contributed by atoms with E-state index < -0.39 is 15.9 Å². The molecule has 1 N–H and O–H groups in total. The van der Waals surface area contributed by atoms with Crippen molar-refractivity contribution in [2.24, 2.45) is 0 Å². The van der Waals surface area contributed by atoms with Crippen molar-refractivity contribution in [1.29, 1.82) is 0 Å². The largest absolute Gasteiger partial charge is 0.339 e. The summed E-state index contributed by atoms with van der Waals surface area (Å²) in [6.45, 7) is 5.75. The summed E-state index contributed by atoms with van der Waals surface area (Å²) in [7, 11) is -3.87. The number of amides is 1. The maximum absolute atomic E-state index is 13.4. The molecule has 4 aromatic rings. The Hall–Kier alpha value is -3.82. The molecule has 0 bridgehead atoms. The third-order valence-corrected chi connectivity index (χ3v) is 7.91. The average Bonchev–Trinajstić information content (AvgIpc) is 3.37. The van der Waals surface area contributed by atoms with Crippen LogP contribution in [0.1, 0.15) is 48.2 Å². The molecule has 0 aliphatic heterocycles. The van der Waals surface area contributed by atoms with Crippen LogP contribution in [-0.4, -0.2) is 41.9 Å². The fourth-order valence-electron chi connectivity index (χ4n) is 3.86. The summed E-state index contributed by atoms with van der Waals surface area (Å²) >= 11 is 0. The third-order valence-electron chi connectivity index (χ3n) is 6.05. The first-order chi connectivity index (χ1) is 18.2. The lowest BCUT2D eigenvalue weighted by Gasteiger charge is -2.22. The van der Waals surface area contributed by atoms with Gasteiger partial charge in [0.15, 0.2) is 5.82 Å². The summed E-state index contributed by atoms with van der Waals surface area (Å²) in [5.41, 5.74) is 3.49. The lowest BCUT2D eigenvalue weighted by atomic mass is 10.1. The molecule has 8 nitrogen and oxygen atoms in total. The van der Waals surface area contributed by atoms with Crippen molar-refractivity contribution in [1.82, 2.24) is 14.4 Å². The highest BCUT2D eigenvalue weighted by molar-refractivity contribution is 7.89. The van der Waals surface area contributed by atoms with Crippen LogP contribution >= 0.6 is 0 Å². The summed E-state index contributed by atoms with van der Waals surface area (Å²) in [5.74, 6) is 0.944. The molecule has 4 rings (SSSR count). The van der Waals surface area contributed by atoms with Crippen LogP contribution < -0.4 is 5.32 Å². The highest BCUT2D eigenvalue weighted by atomic mass is 32.2. The van der Waals surface area contributed by atoms with E-state index in [1.807, 2.05) is 63.2 Å². The zero-order chi connectivity index (χ0) is 27.1. The molecule has 1 heterocycles. The van der Waals surface area contributed by atoms with Gasteiger partial charge in [0.25, 0.3) is 0 Å². The molecular weight excluding hydrogens is 500 g/mol. The summed E-state index contributed by atoms with van der Waals surface area (Å²) in [4.78, 5) is 17.5. The number of anilines is 1. The number of hydrogen-bond donors (Lipinski definition) is 1. The number of rotatable bonds is 11. The first kappa shape index (κ1) is 27.2. The maximum atomic E-state index is 13.4. The Bertz CT molecular complexity index is 1450. The molecule has 0 spiro atoms. The van der Waals surface area contributed by atoms with Gasteiger partial charge in [0.1, 0.15) is 0 Å². The quantitative estimate of drug-likeness (QED) is 0.293. The van der Waals surface area contributed by atoms with E-state index in [0.717, 1.165) is 16.7 Å². The molecule has 0 fully saturated rings. The van der Waals surface area contributed by atoms with Gasteiger partial charge in [0.05, 0.1) is 11.4 Å². The summed E-state index contributed by atoms with van der Waals surface area (Å²) in [6.07, 6.45) is 0.995. The second-order valence-electron chi connectivity index (χ2n) is 9.51. The van der Waals surface area contributed by atoms with E-state index in [2.05, 4.69) is 15.5 Å². The van der Waals surface area contributed by atoms with Crippen molar-refractivity contribution < 1.29 is 17.7 Å². The van der Waals surface area contributed by atoms with Gasteiger partial charge in [-0.3, -0.25) is 4.79 Å². The first-order valence-electron chi connectivity index (χ1n) is 12.5. The molecule has 38 heavy (non-hydrogen) atoms. The third kappa shape index (κ3) is 7.14. The van der Waals surface area contributed by atoms with Crippen molar-refractivity contribution >= 4 is 21.6 Å². The fraction of sp³-hybridized carbons (Fsp3) is 0.276. The minimum atomic E-state index is -3.87. The standard InChI is InChI=1S/C29H32N4O4S/c1-21(2)29-31-27(32-37-29)19-24-11-13-25(14-12-24)30-28(34)20-33(18-17-23-7-5-4-6-8-23)38(35,36)26-15-9-22(3)10-16-26/h4-16,21H,17-20H2,1-3H3,(H,30,34). The van der Waals surface area contributed by atoms with Gasteiger partial charge >= 0.3 is 0 Å². The van der Waals surface area contributed by atoms with Crippen LogP contribution in [0.2, 0.25) is 0 Å². The van der Waals surface area contributed by atoms with E-state index in [-0.39, 0.29) is 23.9 Å². The molecule has 9 heteroatoms. The van der Waals surface area contributed by atoms with Gasteiger partial charge in [0, 0.05) is 24.6 Å². The molecule has 0 aliphatic carbocycles. The maximum Gasteiger partial charge on any atom is 0.243 e. The van der Waals surface area contributed by atoms with E-state index in [1.54, 1.807) is 36.4 Å². The van der Waals surface area contributed by atoms with Gasteiger partial charge in [-0.2, -0.15) is 9.29 Å². The van der Waals surface area contributed by atoms with Gasteiger partial charge in [-0.25, -0.2) is 8.42 Å². The van der Waals surface area contributed by atoms with Gasteiger partial charge in [-0.15, -0.1) is 0 Å². The van der Waals surface area contributed by atoms with E-state index in [9.17, 15) is 13.2 Å². The molecule has 1 aromatic heterocycles. The SMILES string of the molecule is Cc1ccc(S(=O)(=O)N(CCc2ccccc2)CC(=O)Nc2ccc(Cc3noc(C(C)C)n3)cc2)cc1. The minimum Gasteiger partial charge on any atom is -0.339 e. The molecule has 0 atom stereocenters. The second kappa shape index (κ2) is 12.1. The Balaban J connectivity index is 1.43. The molecule has 0 saturated heterocycles. The van der Waals surface area contributed by atoms with Crippen LogP contribution in [0.15, 0.2) is 88.3 Å². The molecule has 198 valence electrons. The Morgan fingerprint density at radius 2 is 1.63 bits per heavy atom. The van der Waals surface area contributed by atoms with Crippen molar-refractivity contribution in [3.63, 3.8) is 0 Å². The molecule has 0 saturated carbocycles. The van der Waals surface area contributed by atoms with E-state index in [1.165, 1.54) is 4.31 Å². The average molecular weight is 533 g/mol. The van der Waals surface area contributed by atoms with Crippen LogP contribution in [0.4, 0.5) is 5.69 Å². The Kier molecular flexibility index (Phi) is 8.70. The number of aromatic nitrogens is 2. The molecule has 0 aliphatic rings. The number of carbonyl (C=O) groups is 1. The Morgan fingerprint density at radius 3 is 2.26 bits per heavy atom. The number of carbonyl (C=O) groups excluding carboxylic acids is 1. The van der Waals surface area contributed by atoms with Crippen LogP contribution in [-0.2, 0) is 27.7 Å². The lowest BCUT2D eigenvalue weighted by molar-refractivity contribution is -0.116. The van der Waals surface area contributed by atoms with Crippen LogP contribution in [0.5, 0.6) is 0 Å². The highest BCUT2D eigenvalue weighted by Gasteiger charge is 2.26. The number of sulfonamides is 1. The summed E-state index contributed by atoms with van der Waals surface area (Å²) in [5, 5.41) is 6.83. The number of nitrogens with one attached hydrogen (secondary N) is 1. The second-order valence-corrected chi connectivity index (χ2v) is 11.5. The first-order valence-corrected chi connectivity index (χ1v) is 14.0. The van der Waals surface area contributed by atoms with Crippen molar-refractivity contribution in [2.75, 3.05) is 18.4 Å². The lowest BCUT2D eigenvalue weighted by Crippen LogP contribution is -2.39. The number of aryl methyl sites for hydroxylation is 1. The molecule has 0 radical (unpaired) electrons. The molecular formula is C29H32N4O4S. The molecule has 1 amide bonds. The zero-order valence-corrected chi connectivity index (χ0v) is 22.6. The normalized spacial score (nSPS) is 11.7. The van der Waals surface area contributed by atoms with Gasteiger partial charge in [-0.05, 0) is 48.7 Å². The van der Waals surface area contributed by atoms with Gasteiger partial charge in [0.2, 0.25) is 21.8 Å².